The van der Waals surface area contributed by atoms with Gasteiger partial charge in [-0.15, -0.1) is 0 Å². The highest BCUT2D eigenvalue weighted by molar-refractivity contribution is 6.32. The third-order valence-corrected chi connectivity index (χ3v) is 6.61. The van der Waals surface area contributed by atoms with E-state index in [9.17, 15) is 4.79 Å². The van der Waals surface area contributed by atoms with Crippen molar-refractivity contribution in [3.05, 3.63) is 88.7 Å². The predicted molar refractivity (Wildman–Crippen MR) is 132 cm³/mol. The van der Waals surface area contributed by atoms with Crippen molar-refractivity contribution >= 4 is 34.2 Å². The van der Waals surface area contributed by atoms with E-state index in [-0.39, 0.29) is 11.8 Å². The molecule has 33 heavy (non-hydrogen) atoms. The number of hydrogen-bond donors (Lipinski definition) is 0. The second kappa shape index (κ2) is 8.91. The summed E-state index contributed by atoms with van der Waals surface area (Å²) in [5, 5.41) is 0.596. The summed E-state index contributed by atoms with van der Waals surface area (Å²) in [6.07, 6.45) is 0.447. The van der Waals surface area contributed by atoms with Crippen LogP contribution in [-0.2, 0) is 11.3 Å². The molecular weight excluding hydrogens is 434 g/mol. The van der Waals surface area contributed by atoms with Crippen LogP contribution < -0.4 is 9.64 Å². The standard InChI is InChI=1S/C27H26ClN3O2/c1-18-8-7-9-19(2)26(18)31-17-20(16-25(31)32)27-29-22-11-4-5-12-23(22)30(27)14-15-33-24-13-6-3-10-21(24)28/h3-13,20H,14-17H2,1-2H3/t20-/m1/s1. The molecule has 0 radical (unpaired) electrons. The number of ether oxygens (including phenoxy) is 1. The topological polar surface area (TPSA) is 47.4 Å². The summed E-state index contributed by atoms with van der Waals surface area (Å²) in [5.74, 6) is 1.76. The first-order valence-electron chi connectivity index (χ1n) is 11.2. The summed E-state index contributed by atoms with van der Waals surface area (Å²) in [6.45, 7) is 5.82. The van der Waals surface area contributed by atoms with Gasteiger partial charge in [-0.3, -0.25) is 4.79 Å². The van der Waals surface area contributed by atoms with Crippen LogP contribution in [0.25, 0.3) is 11.0 Å². The van der Waals surface area contributed by atoms with Gasteiger partial charge in [-0.05, 0) is 49.2 Å². The number of rotatable bonds is 6. The summed E-state index contributed by atoms with van der Waals surface area (Å²) >= 11 is 6.24. The molecule has 168 valence electrons. The average Bonchev–Trinajstić information content (AvgIpc) is 3.36. The molecule has 0 saturated carbocycles. The maximum Gasteiger partial charge on any atom is 0.227 e. The molecule has 1 atom stereocenters. The van der Waals surface area contributed by atoms with E-state index in [1.807, 2.05) is 53.4 Å². The normalized spacial score (nSPS) is 16.0. The zero-order valence-corrected chi connectivity index (χ0v) is 19.5. The second-order valence-corrected chi connectivity index (χ2v) is 8.94. The minimum Gasteiger partial charge on any atom is -0.490 e. The summed E-state index contributed by atoms with van der Waals surface area (Å²) < 4.78 is 8.15. The molecule has 1 fully saturated rings. The summed E-state index contributed by atoms with van der Waals surface area (Å²) in [5.41, 5.74) is 5.24. The molecule has 6 heteroatoms. The second-order valence-electron chi connectivity index (χ2n) is 8.54. The number of anilines is 1. The fraction of sp³-hybridized carbons (Fsp3) is 0.259. The van der Waals surface area contributed by atoms with Crippen LogP contribution in [0.3, 0.4) is 0 Å². The van der Waals surface area contributed by atoms with Gasteiger partial charge in [-0.25, -0.2) is 4.98 Å². The quantitative estimate of drug-likeness (QED) is 0.360. The molecule has 4 aromatic rings. The molecule has 0 bridgehead atoms. The predicted octanol–water partition coefficient (Wildman–Crippen LogP) is 5.91. The number of imidazole rings is 1. The molecule has 0 N–H and O–H groups in total. The lowest BCUT2D eigenvalue weighted by atomic mass is 10.1. The lowest BCUT2D eigenvalue weighted by Crippen LogP contribution is -2.26. The van der Waals surface area contributed by atoms with Crippen molar-refractivity contribution in [2.24, 2.45) is 0 Å². The van der Waals surface area contributed by atoms with Crippen molar-refractivity contribution in [2.75, 3.05) is 18.1 Å². The van der Waals surface area contributed by atoms with Crippen LogP contribution in [0.1, 0.15) is 29.3 Å². The minimum atomic E-state index is 0.0178. The van der Waals surface area contributed by atoms with E-state index in [1.54, 1.807) is 0 Å². The van der Waals surface area contributed by atoms with Crippen LogP contribution in [0.5, 0.6) is 5.75 Å². The maximum atomic E-state index is 13.1. The van der Waals surface area contributed by atoms with Gasteiger partial charge >= 0.3 is 0 Å². The Hall–Kier alpha value is -3.31. The zero-order valence-electron chi connectivity index (χ0n) is 18.8. The number of carbonyl (C=O) groups is 1. The van der Waals surface area contributed by atoms with Crippen LogP contribution in [0.2, 0.25) is 5.02 Å². The molecule has 0 spiro atoms. The van der Waals surface area contributed by atoms with Gasteiger partial charge in [0.15, 0.2) is 0 Å². The first kappa shape index (κ1) is 21.5. The number of halogens is 1. The molecule has 1 aliphatic rings. The summed E-state index contributed by atoms with van der Waals surface area (Å²) in [4.78, 5) is 20.0. The fourth-order valence-electron chi connectivity index (χ4n) is 4.78. The van der Waals surface area contributed by atoms with Crippen molar-refractivity contribution in [3.63, 3.8) is 0 Å². The Balaban J connectivity index is 1.43. The molecule has 3 aromatic carbocycles. The molecule has 1 aliphatic heterocycles. The Morgan fingerprint density at radius 2 is 1.73 bits per heavy atom. The van der Waals surface area contributed by atoms with Crippen molar-refractivity contribution in [2.45, 2.75) is 32.7 Å². The number of benzene rings is 3. The number of aryl methyl sites for hydroxylation is 2. The molecule has 5 nitrogen and oxygen atoms in total. The van der Waals surface area contributed by atoms with Gasteiger partial charge in [0.1, 0.15) is 18.2 Å². The Morgan fingerprint density at radius 3 is 2.52 bits per heavy atom. The molecule has 1 aromatic heterocycles. The number of fused-ring (bicyclic) bond motifs is 1. The van der Waals surface area contributed by atoms with E-state index < -0.39 is 0 Å². The number of hydrogen-bond acceptors (Lipinski definition) is 3. The molecular formula is C27H26ClN3O2. The number of para-hydroxylation sites is 4. The van der Waals surface area contributed by atoms with Crippen LogP contribution >= 0.6 is 11.6 Å². The molecule has 2 heterocycles. The lowest BCUT2D eigenvalue weighted by molar-refractivity contribution is -0.117. The van der Waals surface area contributed by atoms with Gasteiger partial charge in [0.05, 0.1) is 22.6 Å². The lowest BCUT2D eigenvalue weighted by Gasteiger charge is -2.21. The third kappa shape index (κ3) is 4.09. The van der Waals surface area contributed by atoms with Crippen LogP contribution in [-0.4, -0.2) is 28.6 Å². The van der Waals surface area contributed by atoms with Crippen molar-refractivity contribution in [1.29, 1.82) is 0 Å². The first-order chi connectivity index (χ1) is 16.0. The number of carbonyl (C=O) groups excluding carboxylic acids is 1. The summed E-state index contributed by atoms with van der Waals surface area (Å²) in [6, 6.07) is 21.7. The molecule has 5 rings (SSSR count). The first-order valence-corrected chi connectivity index (χ1v) is 11.6. The van der Waals surface area contributed by atoms with E-state index >= 15 is 0 Å². The van der Waals surface area contributed by atoms with Crippen LogP contribution in [0.15, 0.2) is 66.7 Å². The van der Waals surface area contributed by atoms with Crippen LogP contribution in [0.4, 0.5) is 5.69 Å². The minimum absolute atomic E-state index is 0.0178. The van der Waals surface area contributed by atoms with Gasteiger partial charge in [0, 0.05) is 24.6 Å². The Labute approximate surface area is 198 Å². The Morgan fingerprint density at radius 1 is 1.00 bits per heavy atom. The van der Waals surface area contributed by atoms with Gasteiger partial charge in [0.2, 0.25) is 5.91 Å². The van der Waals surface area contributed by atoms with E-state index in [2.05, 4.69) is 36.6 Å². The Bertz CT molecular complexity index is 1310. The molecule has 1 saturated heterocycles. The number of nitrogens with zero attached hydrogens (tertiary/aromatic N) is 3. The van der Waals surface area contributed by atoms with Gasteiger partial charge in [-0.2, -0.15) is 0 Å². The zero-order chi connectivity index (χ0) is 22.9. The number of aromatic nitrogens is 2. The highest BCUT2D eigenvalue weighted by Crippen LogP contribution is 2.36. The SMILES string of the molecule is Cc1cccc(C)c1N1C[C@H](c2nc3ccccc3n2CCOc2ccccc2Cl)CC1=O. The van der Waals surface area contributed by atoms with E-state index in [0.29, 0.717) is 36.9 Å². The monoisotopic (exact) mass is 459 g/mol. The molecule has 0 unspecified atom stereocenters. The molecule has 1 amide bonds. The maximum absolute atomic E-state index is 13.1. The van der Waals surface area contributed by atoms with E-state index in [1.165, 1.54) is 0 Å². The highest BCUT2D eigenvalue weighted by atomic mass is 35.5. The van der Waals surface area contributed by atoms with Gasteiger partial charge in [0.25, 0.3) is 0 Å². The fourth-order valence-corrected chi connectivity index (χ4v) is 4.97. The third-order valence-electron chi connectivity index (χ3n) is 6.29. The summed E-state index contributed by atoms with van der Waals surface area (Å²) in [7, 11) is 0. The smallest absolute Gasteiger partial charge is 0.227 e. The average molecular weight is 460 g/mol. The molecule has 0 aliphatic carbocycles. The van der Waals surface area contributed by atoms with Gasteiger partial charge < -0.3 is 14.2 Å². The van der Waals surface area contributed by atoms with Crippen molar-refractivity contribution < 1.29 is 9.53 Å². The van der Waals surface area contributed by atoms with Crippen molar-refractivity contribution in [3.8, 4) is 5.75 Å². The van der Waals surface area contributed by atoms with E-state index in [4.69, 9.17) is 21.3 Å². The highest BCUT2D eigenvalue weighted by Gasteiger charge is 2.35. The number of amides is 1. The Kier molecular flexibility index (Phi) is 5.81. The van der Waals surface area contributed by atoms with Gasteiger partial charge in [-0.1, -0.05) is 54.1 Å². The van der Waals surface area contributed by atoms with E-state index in [0.717, 1.165) is 33.7 Å². The van der Waals surface area contributed by atoms with Crippen molar-refractivity contribution in [1.82, 2.24) is 9.55 Å². The largest absolute Gasteiger partial charge is 0.490 e. The van der Waals surface area contributed by atoms with Crippen LogP contribution in [0, 0.1) is 13.8 Å².